The van der Waals surface area contributed by atoms with Crippen LogP contribution in [0.2, 0.25) is 5.02 Å². The molecule has 30 heavy (non-hydrogen) atoms. The summed E-state index contributed by atoms with van der Waals surface area (Å²) in [5.74, 6) is 0.574. The SMILES string of the molecule is O=C1NC(=O)C(Cc2ccc(OCCN3CCOC(c4cccc(Cl)c4)C3)cc2)S1. The number of thioether (sulfide) groups is 1. The molecule has 2 aromatic rings. The summed E-state index contributed by atoms with van der Waals surface area (Å²) in [6.45, 7) is 3.75. The highest BCUT2D eigenvalue weighted by Crippen LogP contribution is 2.25. The van der Waals surface area contributed by atoms with Gasteiger partial charge in [-0.05, 0) is 41.8 Å². The highest BCUT2D eigenvalue weighted by atomic mass is 35.5. The van der Waals surface area contributed by atoms with Gasteiger partial charge in [0.15, 0.2) is 0 Å². The Bertz CT molecular complexity index is 908. The van der Waals surface area contributed by atoms with Crippen molar-refractivity contribution >= 4 is 34.5 Å². The third kappa shape index (κ3) is 5.55. The Hall–Kier alpha value is -2.06. The second-order valence-electron chi connectivity index (χ2n) is 7.29. The fraction of sp³-hybridized carbons (Fsp3) is 0.364. The number of rotatable bonds is 7. The smallest absolute Gasteiger partial charge is 0.286 e. The molecule has 8 heteroatoms. The predicted molar refractivity (Wildman–Crippen MR) is 117 cm³/mol. The molecule has 2 atom stereocenters. The molecule has 2 unspecified atom stereocenters. The van der Waals surface area contributed by atoms with E-state index in [-0.39, 0.29) is 22.5 Å². The molecule has 158 valence electrons. The van der Waals surface area contributed by atoms with E-state index < -0.39 is 0 Å². The van der Waals surface area contributed by atoms with E-state index >= 15 is 0 Å². The van der Waals surface area contributed by atoms with Crippen LogP contribution in [-0.2, 0) is 16.0 Å². The number of amides is 2. The van der Waals surface area contributed by atoms with Crippen LogP contribution in [0.1, 0.15) is 17.2 Å². The molecule has 2 heterocycles. The highest BCUT2D eigenvalue weighted by Gasteiger charge is 2.31. The third-order valence-corrected chi connectivity index (χ3v) is 6.38. The first kappa shape index (κ1) is 21.2. The van der Waals surface area contributed by atoms with E-state index in [1.807, 2.05) is 48.5 Å². The molecule has 2 fully saturated rings. The fourth-order valence-corrected chi connectivity index (χ4v) is 4.63. The van der Waals surface area contributed by atoms with Crippen molar-refractivity contribution in [3.63, 3.8) is 0 Å². The first-order valence-corrected chi connectivity index (χ1v) is 11.2. The van der Waals surface area contributed by atoms with E-state index in [0.717, 1.165) is 53.3 Å². The molecule has 0 aliphatic carbocycles. The van der Waals surface area contributed by atoms with Gasteiger partial charge in [-0.1, -0.05) is 47.6 Å². The van der Waals surface area contributed by atoms with Gasteiger partial charge < -0.3 is 9.47 Å². The Morgan fingerprint density at radius 3 is 2.77 bits per heavy atom. The van der Waals surface area contributed by atoms with Gasteiger partial charge in [0, 0.05) is 24.7 Å². The second kappa shape index (κ2) is 9.83. The molecule has 6 nitrogen and oxygen atoms in total. The summed E-state index contributed by atoms with van der Waals surface area (Å²) in [5, 5.41) is 2.41. The minimum absolute atomic E-state index is 0.0225. The molecule has 0 aromatic heterocycles. The van der Waals surface area contributed by atoms with Gasteiger partial charge in [-0.2, -0.15) is 0 Å². The fourth-order valence-electron chi connectivity index (χ4n) is 3.57. The molecule has 0 saturated carbocycles. The van der Waals surface area contributed by atoms with Crippen LogP contribution in [0, 0.1) is 0 Å². The van der Waals surface area contributed by atoms with Crippen LogP contribution < -0.4 is 10.1 Å². The summed E-state index contributed by atoms with van der Waals surface area (Å²) in [7, 11) is 0. The molecular formula is C22H23ClN2O4S. The second-order valence-corrected chi connectivity index (χ2v) is 8.91. The van der Waals surface area contributed by atoms with Crippen molar-refractivity contribution in [2.45, 2.75) is 17.8 Å². The summed E-state index contributed by atoms with van der Waals surface area (Å²) in [6.07, 6.45) is 0.551. The molecule has 1 N–H and O–H groups in total. The van der Waals surface area contributed by atoms with Gasteiger partial charge >= 0.3 is 0 Å². The summed E-state index contributed by atoms with van der Waals surface area (Å²) >= 11 is 7.15. The van der Waals surface area contributed by atoms with Gasteiger partial charge in [-0.25, -0.2) is 0 Å². The zero-order valence-corrected chi connectivity index (χ0v) is 18.0. The summed E-state index contributed by atoms with van der Waals surface area (Å²) in [5.41, 5.74) is 2.10. The van der Waals surface area contributed by atoms with E-state index in [2.05, 4.69) is 10.2 Å². The Labute approximate surface area is 184 Å². The first-order valence-electron chi connectivity index (χ1n) is 9.89. The normalized spacial score (nSPS) is 22.2. The topological polar surface area (TPSA) is 67.9 Å². The number of nitrogens with one attached hydrogen (secondary N) is 1. The van der Waals surface area contributed by atoms with Crippen molar-refractivity contribution in [1.82, 2.24) is 10.2 Å². The number of halogens is 1. The quantitative estimate of drug-likeness (QED) is 0.699. The van der Waals surface area contributed by atoms with Crippen LogP contribution in [0.15, 0.2) is 48.5 Å². The van der Waals surface area contributed by atoms with E-state index in [1.54, 1.807) is 0 Å². The van der Waals surface area contributed by atoms with Crippen molar-refractivity contribution in [1.29, 1.82) is 0 Å². The first-order chi connectivity index (χ1) is 14.6. The number of carbonyl (C=O) groups is 2. The number of nitrogens with zero attached hydrogens (tertiary/aromatic N) is 1. The van der Waals surface area contributed by atoms with Crippen LogP contribution >= 0.6 is 23.4 Å². The molecule has 2 amide bonds. The van der Waals surface area contributed by atoms with E-state index in [4.69, 9.17) is 21.1 Å². The Kier molecular flexibility index (Phi) is 6.94. The number of hydrogen-bond donors (Lipinski definition) is 1. The minimum atomic E-state index is -0.349. The van der Waals surface area contributed by atoms with Gasteiger partial charge in [0.05, 0.1) is 18.0 Å². The largest absolute Gasteiger partial charge is 0.492 e. The molecule has 2 aliphatic heterocycles. The van der Waals surface area contributed by atoms with Gasteiger partial charge in [-0.15, -0.1) is 0 Å². The lowest BCUT2D eigenvalue weighted by Crippen LogP contribution is -2.40. The van der Waals surface area contributed by atoms with Gasteiger partial charge in [-0.3, -0.25) is 19.8 Å². The Balaban J connectivity index is 1.23. The molecule has 4 rings (SSSR count). The van der Waals surface area contributed by atoms with Gasteiger partial charge in [0.1, 0.15) is 12.4 Å². The van der Waals surface area contributed by atoms with Gasteiger partial charge in [0.2, 0.25) is 5.91 Å². The molecule has 0 bridgehead atoms. The molecule has 2 aliphatic rings. The maximum Gasteiger partial charge on any atom is 0.286 e. The number of ether oxygens (including phenoxy) is 2. The Morgan fingerprint density at radius 1 is 1.20 bits per heavy atom. The number of benzene rings is 2. The average Bonchev–Trinajstić information content (AvgIpc) is 3.06. The lowest BCUT2D eigenvalue weighted by Gasteiger charge is -2.33. The van der Waals surface area contributed by atoms with Crippen molar-refractivity contribution < 1.29 is 19.1 Å². The summed E-state index contributed by atoms with van der Waals surface area (Å²) < 4.78 is 11.8. The molecule has 2 aromatic carbocycles. The molecule has 0 radical (unpaired) electrons. The van der Waals surface area contributed by atoms with Crippen LogP contribution in [0.25, 0.3) is 0 Å². The zero-order chi connectivity index (χ0) is 20.9. The lowest BCUT2D eigenvalue weighted by atomic mass is 10.1. The molecule has 2 saturated heterocycles. The van der Waals surface area contributed by atoms with Crippen molar-refractivity contribution in [3.05, 3.63) is 64.7 Å². The molecular weight excluding hydrogens is 424 g/mol. The van der Waals surface area contributed by atoms with Crippen molar-refractivity contribution in [2.24, 2.45) is 0 Å². The standard InChI is InChI=1S/C22H23ClN2O4S/c23-17-3-1-2-16(13-17)19-14-25(9-11-29-19)8-10-28-18-6-4-15(5-7-18)12-20-21(26)24-22(27)30-20/h1-7,13,19-20H,8-12,14H2,(H,24,26,27). The van der Waals surface area contributed by atoms with Gasteiger partial charge in [0.25, 0.3) is 5.24 Å². The maximum atomic E-state index is 11.7. The van der Waals surface area contributed by atoms with Crippen molar-refractivity contribution in [2.75, 3.05) is 32.8 Å². The van der Waals surface area contributed by atoms with Crippen molar-refractivity contribution in [3.8, 4) is 5.75 Å². The number of carbonyl (C=O) groups excluding carboxylic acids is 2. The van der Waals surface area contributed by atoms with E-state index in [9.17, 15) is 9.59 Å². The number of morpholine rings is 1. The monoisotopic (exact) mass is 446 g/mol. The minimum Gasteiger partial charge on any atom is -0.492 e. The average molecular weight is 447 g/mol. The maximum absolute atomic E-state index is 11.7. The van der Waals surface area contributed by atoms with E-state index in [0.29, 0.717) is 19.6 Å². The molecule has 0 spiro atoms. The highest BCUT2D eigenvalue weighted by molar-refractivity contribution is 8.15. The van der Waals surface area contributed by atoms with Crippen LogP contribution in [0.3, 0.4) is 0 Å². The Morgan fingerprint density at radius 2 is 2.03 bits per heavy atom. The predicted octanol–water partition coefficient (Wildman–Crippen LogP) is 3.69. The van der Waals surface area contributed by atoms with Crippen LogP contribution in [0.5, 0.6) is 5.75 Å². The zero-order valence-electron chi connectivity index (χ0n) is 16.4. The van der Waals surface area contributed by atoms with Crippen LogP contribution in [-0.4, -0.2) is 54.1 Å². The van der Waals surface area contributed by atoms with E-state index in [1.165, 1.54) is 0 Å². The van der Waals surface area contributed by atoms with Crippen LogP contribution in [0.4, 0.5) is 4.79 Å². The number of hydrogen-bond acceptors (Lipinski definition) is 6. The summed E-state index contributed by atoms with van der Waals surface area (Å²) in [6, 6.07) is 15.5. The number of imide groups is 1. The third-order valence-electron chi connectivity index (χ3n) is 5.16. The lowest BCUT2D eigenvalue weighted by molar-refractivity contribution is -0.118. The summed E-state index contributed by atoms with van der Waals surface area (Å²) in [4.78, 5) is 25.3.